The Labute approximate surface area is 274 Å². The molecule has 1 saturated carbocycles. The molecule has 1 spiro atoms. The minimum Gasteiger partial charge on any atom is -0.497 e. The molecule has 48 heavy (non-hydrogen) atoms. The Morgan fingerprint density at radius 1 is 1.10 bits per heavy atom. The number of carbonyl (C=O) groups excluding carboxylic acids is 2. The van der Waals surface area contributed by atoms with Gasteiger partial charge >= 0.3 is 12.2 Å². The van der Waals surface area contributed by atoms with Crippen molar-refractivity contribution in [2.75, 3.05) is 42.4 Å². The Morgan fingerprint density at radius 3 is 2.56 bits per heavy atom. The molecule has 1 aliphatic carbocycles. The molecule has 250 valence electrons. The van der Waals surface area contributed by atoms with Crippen molar-refractivity contribution in [1.82, 2.24) is 19.7 Å². The van der Waals surface area contributed by atoms with Gasteiger partial charge in [0.1, 0.15) is 17.5 Å². The van der Waals surface area contributed by atoms with Crippen molar-refractivity contribution in [2.45, 2.75) is 56.7 Å². The van der Waals surface area contributed by atoms with E-state index < -0.39 is 35.3 Å². The van der Waals surface area contributed by atoms with E-state index in [1.165, 1.54) is 20.4 Å². The van der Waals surface area contributed by atoms with Crippen molar-refractivity contribution >= 4 is 52.3 Å². The van der Waals surface area contributed by atoms with Crippen molar-refractivity contribution in [3.63, 3.8) is 0 Å². The fourth-order valence-corrected chi connectivity index (χ4v) is 6.66. The molecule has 2 aromatic carbocycles. The van der Waals surface area contributed by atoms with Crippen LogP contribution in [0.1, 0.15) is 50.7 Å². The number of nitrogens with one attached hydrogen (secondary N) is 1. The van der Waals surface area contributed by atoms with E-state index in [-0.39, 0.29) is 24.1 Å². The molecule has 7 rings (SSSR count). The van der Waals surface area contributed by atoms with E-state index >= 15 is 0 Å². The number of benzene rings is 2. The van der Waals surface area contributed by atoms with E-state index in [1.54, 1.807) is 56.0 Å². The Bertz CT molecular complexity index is 1990. The number of anilines is 4. The maximum atomic E-state index is 13.9. The SMILES string of the molecule is COc1ccc2c(c1)[C@]1(C[C@H]1c1ccc3c(Nc4nc(N5CC[C@@H](F)C5)ncc4OC)nn(C(=O)OC(C)(C)C)c3c1)C(=O)N2C(=O)O. The smallest absolute Gasteiger partial charge is 0.435 e. The topological polar surface area (TPSA) is 161 Å². The van der Waals surface area contributed by atoms with Crippen LogP contribution in [-0.4, -0.2) is 82.0 Å². The Hall–Kier alpha value is -5.47. The Kier molecular flexibility index (Phi) is 7.18. The van der Waals surface area contributed by atoms with Gasteiger partial charge in [-0.2, -0.15) is 9.67 Å². The van der Waals surface area contributed by atoms with Gasteiger partial charge in [-0.1, -0.05) is 6.07 Å². The monoisotopic (exact) mass is 659 g/mol. The van der Waals surface area contributed by atoms with Gasteiger partial charge in [0.15, 0.2) is 17.4 Å². The van der Waals surface area contributed by atoms with Crippen molar-refractivity contribution in [3.8, 4) is 11.5 Å². The maximum absolute atomic E-state index is 13.9. The summed E-state index contributed by atoms with van der Waals surface area (Å²) in [5.41, 5.74) is 0.0556. The zero-order chi connectivity index (χ0) is 34.1. The predicted molar refractivity (Wildman–Crippen MR) is 172 cm³/mol. The highest BCUT2D eigenvalue weighted by Crippen LogP contribution is 2.67. The molecule has 0 radical (unpaired) electrons. The number of methoxy groups -OCH3 is 2. The van der Waals surface area contributed by atoms with Crippen LogP contribution in [0.3, 0.4) is 0 Å². The summed E-state index contributed by atoms with van der Waals surface area (Å²) >= 11 is 0. The summed E-state index contributed by atoms with van der Waals surface area (Å²) < 4.78 is 31.7. The molecular formula is C33H34FN7O7. The van der Waals surface area contributed by atoms with Gasteiger partial charge in [-0.15, -0.1) is 5.10 Å². The molecule has 2 aliphatic heterocycles. The molecule has 4 aromatic rings. The summed E-state index contributed by atoms with van der Waals surface area (Å²) in [5.74, 6) is 0.756. The van der Waals surface area contributed by atoms with Crippen LogP contribution in [0.25, 0.3) is 10.9 Å². The van der Waals surface area contributed by atoms with Gasteiger partial charge in [-0.05, 0) is 75.1 Å². The van der Waals surface area contributed by atoms with Gasteiger partial charge in [0, 0.05) is 17.8 Å². The highest BCUT2D eigenvalue weighted by molar-refractivity contribution is 6.22. The average molecular weight is 660 g/mol. The summed E-state index contributed by atoms with van der Waals surface area (Å²) in [6.07, 6.45) is -0.826. The number of amides is 2. The van der Waals surface area contributed by atoms with E-state index in [0.29, 0.717) is 64.6 Å². The normalized spacial score (nSPS) is 21.5. The van der Waals surface area contributed by atoms with E-state index in [9.17, 15) is 23.9 Å². The fourth-order valence-electron chi connectivity index (χ4n) is 6.66. The van der Waals surface area contributed by atoms with Crippen LogP contribution in [0.5, 0.6) is 11.5 Å². The van der Waals surface area contributed by atoms with Crippen molar-refractivity contribution in [1.29, 1.82) is 0 Å². The van der Waals surface area contributed by atoms with Crippen LogP contribution in [0.15, 0.2) is 42.6 Å². The second kappa shape index (κ2) is 11.1. The number of nitrogens with zero attached hydrogens (tertiary/aromatic N) is 6. The van der Waals surface area contributed by atoms with Crippen LogP contribution in [0.2, 0.25) is 0 Å². The standard InChI is InChI=1S/C33H34FN7O7/c1-32(2,3)48-31(45)41-24-12-17(22-14-33(22)21-13-19(46-4)7-9-23(21)40(28(33)42)30(43)44)6-8-20(24)26(38-41)36-27-25(47-5)15-35-29(37-27)39-11-10-18(34)16-39/h6-9,12-13,15,18,22H,10-11,14,16H2,1-5H3,(H,43,44)(H,35,36,37,38)/t18-,22+,33+/m1/s1. The number of imide groups is 1. The molecule has 3 aliphatic rings. The minimum absolute atomic E-state index is 0.178. The van der Waals surface area contributed by atoms with Crippen LogP contribution >= 0.6 is 0 Å². The van der Waals surface area contributed by atoms with Crippen LogP contribution in [-0.2, 0) is 14.9 Å². The van der Waals surface area contributed by atoms with E-state index in [0.717, 1.165) is 9.58 Å². The molecule has 1 saturated heterocycles. The molecule has 14 nitrogen and oxygen atoms in total. The molecule has 2 fully saturated rings. The molecule has 3 atom stereocenters. The van der Waals surface area contributed by atoms with Gasteiger partial charge in [0.25, 0.3) is 0 Å². The number of halogens is 1. The minimum atomic E-state index is -1.36. The molecular weight excluding hydrogens is 625 g/mol. The van der Waals surface area contributed by atoms with Gasteiger partial charge < -0.3 is 29.5 Å². The predicted octanol–water partition coefficient (Wildman–Crippen LogP) is 5.37. The lowest BCUT2D eigenvalue weighted by Crippen LogP contribution is -2.36. The van der Waals surface area contributed by atoms with E-state index in [2.05, 4.69) is 20.4 Å². The van der Waals surface area contributed by atoms with Crippen molar-refractivity contribution in [3.05, 3.63) is 53.7 Å². The quantitative estimate of drug-likeness (QED) is 0.273. The molecule has 4 heterocycles. The number of hydrogen-bond acceptors (Lipinski definition) is 11. The molecule has 15 heteroatoms. The van der Waals surface area contributed by atoms with Gasteiger partial charge in [0.2, 0.25) is 11.9 Å². The number of fused-ring (bicyclic) bond motifs is 3. The highest BCUT2D eigenvalue weighted by Gasteiger charge is 2.68. The molecule has 2 aromatic heterocycles. The lowest BCUT2D eigenvalue weighted by molar-refractivity contribution is -0.119. The van der Waals surface area contributed by atoms with E-state index in [1.807, 2.05) is 6.07 Å². The lowest BCUT2D eigenvalue weighted by atomic mass is 9.91. The zero-order valence-corrected chi connectivity index (χ0v) is 27.0. The third kappa shape index (κ3) is 5.00. The van der Waals surface area contributed by atoms with Gasteiger partial charge in [-0.25, -0.2) is 23.9 Å². The molecule has 0 unspecified atom stereocenters. The summed E-state index contributed by atoms with van der Waals surface area (Å²) in [5, 5.41) is 18.2. The second-order valence-electron chi connectivity index (χ2n) is 13.1. The van der Waals surface area contributed by atoms with Crippen LogP contribution in [0, 0.1) is 0 Å². The summed E-state index contributed by atoms with van der Waals surface area (Å²) in [4.78, 5) is 50.9. The van der Waals surface area contributed by atoms with Crippen LogP contribution < -0.4 is 24.6 Å². The number of alkyl halides is 1. The summed E-state index contributed by atoms with van der Waals surface area (Å²) in [7, 11) is 2.97. The third-order valence-electron chi connectivity index (χ3n) is 8.95. The number of aromatic nitrogens is 4. The number of carbonyl (C=O) groups is 3. The molecule has 2 N–H and O–H groups in total. The van der Waals surface area contributed by atoms with Crippen molar-refractivity contribution < 1.29 is 38.1 Å². The molecule has 0 bridgehead atoms. The van der Waals surface area contributed by atoms with Crippen molar-refractivity contribution in [2.24, 2.45) is 0 Å². The van der Waals surface area contributed by atoms with Gasteiger partial charge in [-0.3, -0.25) is 4.79 Å². The third-order valence-corrected chi connectivity index (χ3v) is 8.95. The Balaban J connectivity index is 1.30. The Morgan fingerprint density at radius 2 is 1.90 bits per heavy atom. The fraction of sp³-hybridized carbons (Fsp3) is 0.394. The summed E-state index contributed by atoms with van der Waals surface area (Å²) in [6.45, 7) is 5.88. The number of rotatable bonds is 6. The first-order chi connectivity index (χ1) is 22.8. The van der Waals surface area contributed by atoms with E-state index in [4.69, 9.17) is 14.2 Å². The number of ether oxygens (including phenoxy) is 3. The zero-order valence-electron chi connectivity index (χ0n) is 27.0. The average Bonchev–Trinajstić information content (AvgIpc) is 3.35. The maximum Gasteiger partial charge on any atom is 0.435 e. The lowest BCUT2D eigenvalue weighted by Gasteiger charge is -2.19. The van der Waals surface area contributed by atoms with Crippen LogP contribution in [0.4, 0.5) is 37.3 Å². The molecule has 2 amide bonds. The first-order valence-electron chi connectivity index (χ1n) is 15.4. The second-order valence-corrected chi connectivity index (χ2v) is 13.1. The summed E-state index contributed by atoms with van der Waals surface area (Å²) in [6, 6.07) is 10.3. The highest BCUT2D eigenvalue weighted by atomic mass is 19.1. The first kappa shape index (κ1) is 31.1. The number of hydrogen-bond donors (Lipinski definition) is 2. The largest absolute Gasteiger partial charge is 0.497 e. The number of carboxylic acid groups (broad SMARTS) is 1. The van der Waals surface area contributed by atoms with Gasteiger partial charge in [0.05, 0.1) is 43.6 Å². The first-order valence-corrected chi connectivity index (χ1v) is 15.4.